The maximum absolute atomic E-state index is 5.96. The van der Waals surface area contributed by atoms with Gasteiger partial charge in [0, 0.05) is 22.5 Å². The zero-order valence-corrected chi connectivity index (χ0v) is 13.8. The second-order valence-corrected chi connectivity index (χ2v) is 6.68. The van der Waals surface area contributed by atoms with Crippen molar-refractivity contribution in [2.24, 2.45) is 0 Å². The average molecular weight is 308 g/mol. The highest BCUT2D eigenvalue weighted by atomic mass is 35.5. The van der Waals surface area contributed by atoms with Crippen molar-refractivity contribution in [1.82, 2.24) is 15.5 Å². The quantitative estimate of drug-likeness (QED) is 0.848. The lowest BCUT2D eigenvalue weighted by Gasteiger charge is -2.19. The van der Waals surface area contributed by atoms with Crippen LogP contribution in [0.2, 0.25) is 5.02 Å². The van der Waals surface area contributed by atoms with Crippen LogP contribution in [0.15, 0.2) is 22.6 Å². The minimum absolute atomic E-state index is 0.139. The van der Waals surface area contributed by atoms with E-state index < -0.39 is 0 Å². The smallest absolute Gasteiger partial charge is 0.247 e. The predicted octanol–water partition coefficient (Wildman–Crippen LogP) is 4.02. The summed E-state index contributed by atoms with van der Waals surface area (Å²) < 4.78 is 5.73. The number of nitrogens with one attached hydrogen (secondary N) is 1. The maximum Gasteiger partial charge on any atom is 0.247 e. The summed E-state index contributed by atoms with van der Waals surface area (Å²) in [6.07, 6.45) is 1.75. The van der Waals surface area contributed by atoms with Crippen molar-refractivity contribution >= 4 is 11.6 Å². The average Bonchev–Trinajstić information content (AvgIpc) is 2.82. The molecule has 0 unspecified atom stereocenters. The Morgan fingerprint density at radius 1 is 1.24 bits per heavy atom. The summed E-state index contributed by atoms with van der Waals surface area (Å²) in [7, 11) is 0. The minimum atomic E-state index is 0.139. The molecule has 1 aromatic carbocycles. The molecule has 5 heteroatoms. The van der Waals surface area contributed by atoms with E-state index in [9.17, 15) is 0 Å². The SMILES string of the molecule is Cc1cc(Cl)ccc1-c1nnc(CCCNC(C)(C)C)o1. The largest absolute Gasteiger partial charge is 0.421 e. The molecule has 0 spiro atoms. The molecule has 2 rings (SSSR count). The highest BCUT2D eigenvalue weighted by Gasteiger charge is 2.12. The first-order valence-corrected chi connectivity index (χ1v) is 7.57. The molecule has 0 saturated carbocycles. The molecule has 21 heavy (non-hydrogen) atoms. The van der Waals surface area contributed by atoms with E-state index in [1.807, 2.05) is 25.1 Å². The first-order chi connectivity index (χ1) is 9.85. The number of nitrogens with zero attached hydrogens (tertiary/aromatic N) is 2. The van der Waals surface area contributed by atoms with Crippen LogP contribution >= 0.6 is 11.6 Å². The van der Waals surface area contributed by atoms with Crippen LogP contribution in [-0.4, -0.2) is 22.3 Å². The molecule has 1 N–H and O–H groups in total. The van der Waals surface area contributed by atoms with Crippen LogP contribution in [0.1, 0.15) is 38.6 Å². The van der Waals surface area contributed by atoms with E-state index in [0.717, 1.165) is 30.5 Å². The Morgan fingerprint density at radius 3 is 2.67 bits per heavy atom. The van der Waals surface area contributed by atoms with E-state index >= 15 is 0 Å². The molecule has 0 atom stereocenters. The predicted molar refractivity (Wildman–Crippen MR) is 85.6 cm³/mol. The van der Waals surface area contributed by atoms with Crippen LogP contribution in [0.25, 0.3) is 11.5 Å². The number of aromatic nitrogens is 2. The van der Waals surface area contributed by atoms with Gasteiger partial charge in [-0.25, -0.2) is 0 Å². The van der Waals surface area contributed by atoms with E-state index in [-0.39, 0.29) is 5.54 Å². The molecule has 0 aliphatic rings. The van der Waals surface area contributed by atoms with E-state index in [1.54, 1.807) is 0 Å². The maximum atomic E-state index is 5.96. The number of hydrogen-bond donors (Lipinski definition) is 1. The lowest BCUT2D eigenvalue weighted by Crippen LogP contribution is -2.36. The summed E-state index contributed by atoms with van der Waals surface area (Å²) in [5, 5.41) is 12.4. The van der Waals surface area contributed by atoms with Gasteiger partial charge < -0.3 is 9.73 Å². The van der Waals surface area contributed by atoms with Crippen molar-refractivity contribution in [3.63, 3.8) is 0 Å². The van der Waals surface area contributed by atoms with Crippen LogP contribution in [-0.2, 0) is 6.42 Å². The summed E-state index contributed by atoms with van der Waals surface area (Å²) in [6, 6.07) is 5.64. The summed E-state index contributed by atoms with van der Waals surface area (Å²) in [5.41, 5.74) is 2.11. The Bertz CT molecular complexity index is 602. The first-order valence-electron chi connectivity index (χ1n) is 7.19. The third-order valence-corrected chi connectivity index (χ3v) is 3.34. The van der Waals surface area contributed by atoms with Crippen molar-refractivity contribution < 1.29 is 4.42 Å². The number of rotatable bonds is 5. The molecule has 0 aliphatic carbocycles. The first kappa shape index (κ1) is 16.0. The van der Waals surface area contributed by atoms with Crippen molar-refractivity contribution in [1.29, 1.82) is 0 Å². The molecular weight excluding hydrogens is 286 g/mol. The van der Waals surface area contributed by atoms with Crippen LogP contribution in [0.5, 0.6) is 0 Å². The Hall–Kier alpha value is -1.39. The van der Waals surface area contributed by atoms with Gasteiger partial charge in [-0.3, -0.25) is 0 Å². The van der Waals surface area contributed by atoms with Crippen molar-refractivity contribution in [3.05, 3.63) is 34.7 Å². The number of benzene rings is 1. The molecule has 0 radical (unpaired) electrons. The van der Waals surface area contributed by atoms with Gasteiger partial charge in [-0.15, -0.1) is 10.2 Å². The molecule has 0 fully saturated rings. The molecule has 1 heterocycles. The van der Waals surface area contributed by atoms with Gasteiger partial charge in [-0.05, 0) is 64.4 Å². The Balaban J connectivity index is 1.95. The number of halogens is 1. The monoisotopic (exact) mass is 307 g/mol. The third kappa shape index (κ3) is 4.83. The van der Waals surface area contributed by atoms with Gasteiger partial charge in [0.05, 0.1) is 0 Å². The zero-order chi connectivity index (χ0) is 15.5. The number of hydrogen-bond acceptors (Lipinski definition) is 4. The van der Waals surface area contributed by atoms with Gasteiger partial charge in [-0.2, -0.15) is 0 Å². The lowest BCUT2D eigenvalue weighted by atomic mass is 10.1. The standard InChI is InChI=1S/C16H22ClN3O/c1-11-10-12(17)7-8-13(11)15-20-19-14(21-15)6-5-9-18-16(2,3)4/h7-8,10,18H,5-6,9H2,1-4H3. The summed E-state index contributed by atoms with van der Waals surface area (Å²) in [5.74, 6) is 1.23. The van der Waals surface area contributed by atoms with Crippen LogP contribution in [0.3, 0.4) is 0 Å². The molecule has 2 aromatic rings. The molecule has 1 aromatic heterocycles. The van der Waals surface area contributed by atoms with E-state index in [2.05, 4.69) is 36.3 Å². The van der Waals surface area contributed by atoms with Gasteiger partial charge in [0.1, 0.15) is 0 Å². The molecule has 0 aliphatic heterocycles. The fourth-order valence-electron chi connectivity index (χ4n) is 2.03. The molecule has 0 saturated heterocycles. The second-order valence-electron chi connectivity index (χ2n) is 6.24. The molecule has 0 amide bonds. The van der Waals surface area contributed by atoms with Crippen LogP contribution in [0, 0.1) is 6.92 Å². The second kappa shape index (κ2) is 6.58. The summed E-state index contributed by atoms with van der Waals surface area (Å²) in [6.45, 7) is 9.38. The van der Waals surface area contributed by atoms with Gasteiger partial charge in [0.25, 0.3) is 0 Å². The Labute approximate surface area is 130 Å². The van der Waals surface area contributed by atoms with Gasteiger partial charge in [0.15, 0.2) is 0 Å². The van der Waals surface area contributed by atoms with E-state index in [1.165, 1.54) is 0 Å². The van der Waals surface area contributed by atoms with E-state index in [4.69, 9.17) is 16.0 Å². The number of aryl methyl sites for hydroxylation is 2. The van der Waals surface area contributed by atoms with Crippen LogP contribution in [0.4, 0.5) is 0 Å². The minimum Gasteiger partial charge on any atom is -0.421 e. The molecule has 114 valence electrons. The Morgan fingerprint density at radius 2 is 2.00 bits per heavy atom. The summed E-state index contributed by atoms with van der Waals surface area (Å²) >= 11 is 5.96. The fraction of sp³-hybridized carbons (Fsp3) is 0.500. The highest BCUT2D eigenvalue weighted by Crippen LogP contribution is 2.25. The van der Waals surface area contributed by atoms with Gasteiger partial charge in [0.2, 0.25) is 11.8 Å². The zero-order valence-electron chi connectivity index (χ0n) is 13.0. The van der Waals surface area contributed by atoms with Crippen molar-refractivity contribution in [2.45, 2.75) is 46.1 Å². The van der Waals surface area contributed by atoms with Crippen molar-refractivity contribution in [3.8, 4) is 11.5 Å². The summed E-state index contributed by atoms with van der Waals surface area (Å²) in [4.78, 5) is 0. The molecular formula is C16H22ClN3O. The fourth-order valence-corrected chi connectivity index (χ4v) is 2.26. The van der Waals surface area contributed by atoms with Crippen molar-refractivity contribution in [2.75, 3.05) is 6.54 Å². The van der Waals surface area contributed by atoms with Crippen LogP contribution < -0.4 is 5.32 Å². The van der Waals surface area contributed by atoms with Gasteiger partial charge in [-0.1, -0.05) is 11.6 Å². The molecule has 4 nitrogen and oxygen atoms in total. The Kier molecular flexibility index (Phi) is 5.01. The highest BCUT2D eigenvalue weighted by molar-refractivity contribution is 6.30. The van der Waals surface area contributed by atoms with E-state index in [0.29, 0.717) is 16.8 Å². The van der Waals surface area contributed by atoms with Gasteiger partial charge >= 0.3 is 0 Å². The topological polar surface area (TPSA) is 51.0 Å². The molecule has 0 bridgehead atoms. The normalized spacial score (nSPS) is 11.9. The third-order valence-electron chi connectivity index (χ3n) is 3.11. The lowest BCUT2D eigenvalue weighted by molar-refractivity contribution is 0.412.